The van der Waals surface area contributed by atoms with Gasteiger partial charge in [0.05, 0.1) is 24.4 Å². The Balaban J connectivity index is 1.30. The predicted molar refractivity (Wildman–Crippen MR) is 142 cm³/mol. The maximum Gasteiger partial charge on any atom is 0.257 e. The first kappa shape index (κ1) is 25.3. The Bertz CT molecular complexity index is 1550. The largest absolute Gasteiger partial charge is 0.480 e. The highest BCUT2D eigenvalue weighted by molar-refractivity contribution is 6.04. The summed E-state index contributed by atoms with van der Waals surface area (Å²) in [6.07, 6.45) is 2.73. The maximum absolute atomic E-state index is 14.4. The summed E-state index contributed by atoms with van der Waals surface area (Å²) in [5, 5.41) is 7.16. The zero-order chi connectivity index (χ0) is 26.6. The van der Waals surface area contributed by atoms with Gasteiger partial charge in [0.1, 0.15) is 5.69 Å². The highest BCUT2D eigenvalue weighted by Crippen LogP contribution is 2.19. The Hall–Kier alpha value is -4.33. The number of halogens is 1. The first-order valence-electron chi connectivity index (χ1n) is 12.3. The van der Waals surface area contributed by atoms with Gasteiger partial charge in [0, 0.05) is 50.7 Å². The summed E-state index contributed by atoms with van der Waals surface area (Å²) < 4.78 is 21.1. The minimum Gasteiger partial charge on any atom is -0.480 e. The SMILES string of the molecule is COc1ccc2ncc(C#Cc3cc(C(=O)Nc4ccc(CN5CCN(C)CC5)c(C)c4)cnc3F)n2n1. The van der Waals surface area contributed by atoms with Crippen molar-refractivity contribution in [2.24, 2.45) is 0 Å². The molecule has 1 saturated heterocycles. The van der Waals surface area contributed by atoms with Gasteiger partial charge in [0.25, 0.3) is 5.91 Å². The topological polar surface area (TPSA) is 87.9 Å². The van der Waals surface area contributed by atoms with Crippen molar-refractivity contribution in [3.8, 4) is 17.7 Å². The van der Waals surface area contributed by atoms with Crippen LogP contribution < -0.4 is 10.1 Å². The quantitative estimate of drug-likeness (QED) is 0.324. The first-order valence-corrected chi connectivity index (χ1v) is 12.3. The fraction of sp³-hybridized carbons (Fsp3) is 0.286. The van der Waals surface area contributed by atoms with E-state index in [0.717, 1.165) is 38.3 Å². The molecule has 1 amide bonds. The molecule has 4 aromatic rings. The third-order valence-corrected chi connectivity index (χ3v) is 6.56. The van der Waals surface area contributed by atoms with Crippen molar-refractivity contribution in [1.29, 1.82) is 0 Å². The van der Waals surface area contributed by atoms with Crippen LogP contribution in [0.1, 0.15) is 32.7 Å². The van der Waals surface area contributed by atoms with E-state index in [2.05, 4.69) is 49.1 Å². The van der Waals surface area contributed by atoms with E-state index >= 15 is 0 Å². The Morgan fingerprint density at radius 3 is 2.66 bits per heavy atom. The Kier molecular flexibility index (Phi) is 7.31. The summed E-state index contributed by atoms with van der Waals surface area (Å²) in [5.41, 5.74) is 4.21. The molecule has 4 heterocycles. The van der Waals surface area contributed by atoms with Crippen molar-refractivity contribution in [2.45, 2.75) is 13.5 Å². The smallest absolute Gasteiger partial charge is 0.257 e. The molecule has 1 aromatic carbocycles. The van der Waals surface area contributed by atoms with Crippen molar-refractivity contribution in [3.05, 3.63) is 82.7 Å². The molecule has 0 atom stereocenters. The number of likely N-dealkylation sites (N-methyl/N-ethyl adjacent to an activating group) is 1. The van der Waals surface area contributed by atoms with Crippen molar-refractivity contribution < 1.29 is 13.9 Å². The number of nitrogens with one attached hydrogen (secondary N) is 1. The van der Waals surface area contributed by atoms with E-state index in [9.17, 15) is 9.18 Å². The van der Waals surface area contributed by atoms with Gasteiger partial charge in [-0.2, -0.15) is 4.39 Å². The number of aromatic nitrogens is 4. The molecular weight excluding hydrogens is 485 g/mol. The number of imidazole rings is 1. The molecule has 0 bridgehead atoms. The van der Waals surface area contributed by atoms with Crippen molar-refractivity contribution in [2.75, 3.05) is 45.7 Å². The Labute approximate surface area is 220 Å². The average molecular weight is 514 g/mol. The summed E-state index contributed by atoms with van der Waals surface area (Å²) in [4.78, 5) is 25.7. The van der Waals surface area contributed by atoms with Gasteiger partial charge in [-0.05, 0) is 55.3 Å². The van der Waals surface area contributed by atoms with Crippen LogP contribution in [0.15, 0.2) is 48.8 Å². The van der Waals surface area contributed by atoms with Gasteiger partial charge in [-0.1, -0.05) is 12.0 Å². The Morgan fingerprint density at radius 1 is 1.08 bits per heavy atom. The second-order valence-electron chi connectivity index (χ2n) is 9.28. The minimum atomic E-state index is -0.766. The molecule has 9 nitrogen and oxygen atoms in total. The molecule has 3 aromatic heterocycles. The van der Waals surface area contributed by atoms with Crippen molar-refractivity contribution >= 4 is 17.2 Å². The normalized spacial score (nSPS) is 14.2. The molecule has 0 saturated carbocycles. The number of benzene rings is 1. The van der Waals surface area contributed by atoms with E-state index in [4.69, 9.17) is 4.74 Å². The van der Waals surface area contributed by atoms with Gasteiger partial charge in [0.2, 0.25) is 11.8 Å². The second kappa shape index (κ2) is 11.0. The molecule has 10 heteroatoms. The monoisotopic (exact) mass is 513 g/mol. The maximum atomic E-state index is 14.4. The zero-order valence-corrected chi connectivity index (χ0v) is 21.5. The van der Waals surface area contributed by atoms with Crippen molar-refractivity contribution in [3.63, 3.8) is 0 Å². The van der Waals surface area contributed by atoms with E-state index in [1.54, 1.807) is 12.1 Å². The Morgan fingerprint density at radius 2 is 1.89 bits per heavy atom. The number of carbonyl (C=O) groups excluding carboxylic acids is 1. The molecule has 0 unspecified atom stereocenters. The average Bonchev–Trinajstić information content (AvgIpc) is 3.33. The van der Waals surface area contributed by atoms with Gasteiger partial charge in [-0.25, -0.2) is 14.5 Å². The summed E-state index contributed by atoms with van der Waals surface area (Å²) in [5.74, 6) is 4.84. The number of pyridine rings is 1. The molecule has 0 radical (unpaired) electrons. The molecule has 0 spiro atoms. The minimum absolute atomic E-state index is 0.00537. The number of hydrogen-bond acceptors (Lipinski definition) is 7. The lowest BCUT2D eigenvalue weighted by Crippen LogP contribution is -2.43. The van der Waals surface area contributed by atoms with E-state index in [1.807, 2.05) is 25.1 Å². The van der Waals surface area contributed by atoms with E-state index < -0.39 is 11.9 Å². The van der Waals surface area contributed by atoms with Crippen LogP contribution in [0.5, 0.6) is 5.88 Å². The van der Waals surface area contributed by atoms with Crippen LogP contribution in [-0.4, -0.2) is 75.6 Å². The van der Waals surface area contributed by atoms with Crippen molar-refractivity contribution in [1.82, 2.24) is 29.4 Å². The van der Waals surface area contributed by atoms with Gasteiger partial charge >= 0.3 is 0 Å². The predicted octanol–water partition coefficient (Wildman–Crippen LogP) is 2.98. The summed E-state index contributed by atoms with van der Waals surface area (Å²) in [7, 11) is 3.65. The summed E-state index contributed by atoms with van der Waals surface area (Å²) >= 11 is 0. The number of amides is 1. The van der Waals surface area contributed by atoms with Gasteiger partial charge in [-0.3, -0.25) is 9.69 Å². The highest BCUT2D eigenvalue weighted by atomic mass is 19.1. The lowest BCUT2D eigenvalue weighted by molar-refractivity contribution is 0.102. The molecule has 1 N–H and O–H groups in total. The molecule has 38 heavy (non-hydrogen) atoms. The number of hydrogen-bond donors (Lipinski definition) is 1. The van der Waals surface area contributed by atoms with Crippen LogP contribution in [0.2, 0.25) is 0 Å². The number of nitrogens with zero attached hydrogens (tertiary/aromatic N) is 6. The molecule has 1 aliphatic rings. The molecule has 1 aliphatic heterocycles. The number of piperazine rings is 1. The van der Waals surface area contributed by atoms with E-state index in [0.29, 0.717) is 22.9 Å². The first-order chi connectivity index (χ1) is 18.4. The lowest BCUT2D eigenvalue weighted by Gasteiger charge is -2.32. The fourth-order valence-corrected chi connectivity index (χ4v) is 4.24. The fourth-order valence-electron chi connectivity index (χ4n) is 4.24. The van der Waals surface area contributed by atoms with Crippen LogP contribution in [0.25, 0.3) is 5.65 Å². The van der Waals surface area contributed by atoms with Gasteiger partial charge in [-0.15, -0.1) is 5.10 Å². The van der Waals surface area contributed by atoms with Crippen LogP contribution in [0, 0.1) is 24.7 Å². The number of ether oxygens (including phenoxy) is 1. The number of rotatable bonds is 5. The number of aryl methyl sites for hydroxylation is 1. The number of anilines is 1. The molecule has 5 rings (SSSR count). The number of methoxy groups -OCH3 is 1. The molecule has 194 valence electrons. The third-order valence-electron chi connectivity index (χ3n) is 6.56. The number of carbonyl (C=O) groups is 1. The van der Waals surface area contributed by atoms with E-state index in [1.165, 1.54) is 35.6 Å². The second-order valence-corrected chi connectivity index (χ2v) is 9.28. The van der Waals surface area contributed by atoms with Crippen LogP contribution >= 0.6 is 0 Å². The van der Waals surface area contributed by atoms with Gasteiger partial charge in [0.15, 0.2) is 5.65 Å². The standard InChI is InChI=1S/C28H28FN7O2/c1-19-14-23(6-4-21(19)18-35-12-10-34(2)11-13-35)32-28(37)22-15-20(27(29)31-16-22)5-7-24-17-30-25-8-9-26(38-3)33-36(24)25/h4,6,8-9,14-17H,10-13,18H2,1-3H3,(H,32,37). The zero-order valence-electron chi connectivity index (χ0n) is 21.5. The lowest BCUT2D eigenvalue weighted by atomic mass is 10.1. The van der Waals surface area contributed by atoms with Gasteiger partial charge < -0.3 is 15.0 Å². The summed E-state index contributed by atoms with van der Waals surface area (Å²) in [6.45, 7) is 7.13. The highest BCUT2D eigenvalue weighted by Gasteiger charge is 2.16. The van der Waals surface area contributed by atoms with Crippen LogP contribution in [0.4, 0.5) is 10.1 Å². The molecular formula is C28H28FN7O2. The van der Waals surface area contributed by atoms with E-state index in [-0.39, 0.29) is 11.1 Å². The molecule has 0 aliphatic carbocycles. The van der Waals surface area contributed by atoms with Crippen LogP contribution in [0.3, 0.4) is 0 Å². The molecule has 1 fully saturated rings. The third kappa shape index (κ3) is 5.64. The number of fused-ring (bicyclic) bond motifs is 1. The summed E-state index contributed by atoms with van der Waals surface area (Å²) in [6, 6.07) is 10.7. The van der Waals surface area contributed by atoms with Crippen LogP contribution in [-0.2, 0) is 6.54 Å².